The summed E-state index contributed by atoms with van der Waals surface area (Å²) in [6.45, 7) is 0.976. The van der Waals surface area contributed by atoms with Gasteiger partial charge in [-0.05, 0) is 0 Å². The minimum atomic E-state index is -0.363. The SMILES string of the molecule is NCCn1cc(C(=O)Nc2ncc[nH]2)nn1. The summed E-state index contributed by atoms with van der Waals surface area (Å²) in [5, 5.41) is 10.0. The summed E-state index contributed by atoms with van der Waals surface area (Å²) in [5.41, 5.74) is 5.58. The Morgan fingerprint density at radius 2 is 2.50 bits per heavy atom. The fraction of sp³-hybridized carbons (Fsp3) is 0.250. The molecule has 84 valence electrons. The molecule has 0 aliphatic carbocycles. The zero-order valence-electron chi connectivity index (χ0n) is 8.42. The molecule has 0 unspecified atom stereocenters. The largest absolute Gasteiger partial charge is 0.331 e. The first-order valence-electron chi connectivity index (χ1n) is 4.70. The molecule has 0 aliphatic heterocycles. The number of aromatic amines is 1. The molecule has 2 heterocycles. The second kappa shape index (κ2) is 4.53. The van der Waals surface area contributed by atoms with Crippen LogP contribution in [0, 0.1) is 0 Å². The maximum absolute atomic E-state index is 11.6. The van der Waals surface area contributed by atoms with Gasteiger partial charge >= 0.3 is 0 Å². The van der Waals surface area contributed by atoms with Crippen molar-refractivity contribution in [1.29, 1.82) is 0 Å². The molecule has 1 amide bonds. The zero-order chi connectivity index (χ0) is 11.4. The number of H-pyrrole nitrogens is 1. The smallest absolute Gasteiger partial charge is 0.280 e. The first kappa shape index (κ1) is 10.3. The highest BCUT2D eigenvalue weighted by Crippen LogP contribution is 2.00. The molecule has 0 bridgehead atoms. The predicted octanol–water partition coefficient (Wildman–Crippen LogP) is -0.788. The van der Waals surface area contributed by atoms with Gasteiger partial charge < -0.3 is 10.7 Å². The third-order valence-corrected chi connectivity index (χ3v) is 1.86. The molecule has 0 aliphatic rings. The van der Waals surface area contributed by atoms with Crippen molar-refractivity contribution in [2.24, 2.45) is 5.73 Å². The number of aromatic nitrogens is 5. The van der Waals surface area contributed by atoms with Crippen LogP contribution in [0.4, 0.5) is 5.95 Å². The summed E-state index contributed by atoms with van der Waals surface area (Å²) in [4.78, 5) is 18.2. The fourth-order valence-electron chi connectivity index (χ4n) is 1.15. The third-order valence-electron chi connectivity index (χ3n) is 1.86. The van der Waals surface area contributed by atoms with E-state index < -0.39 is 0 Å². The van der Waals surface area contributed by atoms with E-state index in [1.807, 2.05) is 0 Å². The molecule has 0 fully saturated rings. The maximum Gasteiger partial charge on any atom is 0.280 e. The molecule has 0 saturated carbocycles. The van der Waals surface area contributed by atoms with Crippen molar-refractivity contribution in [2.75, 3.05) is 11.9 Å². The van der Waals surface area contributed by atoms with E-state index in [1.165, 1.54) is 10.9 Å². The lowest BCUT2D eigenvalue weighted by Crippen LogP contribution is -2.13. The molecule has 2 rings (SSSR count). The van der Waals surface area contributed by atoms with Gasteiger partial charge in [0.05, 0.1) is 12.7 Å². The number of hydrogen-bond donors (Lipinski definition) is 3. The van der Waals surface area contributed by atoms with E-state index in [2.05, 4.69) is 25.6 Å². The van der Waals surface area contributed by atoms with Crippen LogP contribution in [0.15, 0.2) is 18.6 Å². The summed E-state index contributed by atoms with van der Waals surface area (Å²) < 4.78 is 1.51. The van der Waals surface area contributed by atoms with Crippen molar-refractivity contribution >= 4 is 11.9 Å². The van der Waals surface area contributed by atoms with E-state index >= 15 is 0 Å². The van der Waals surface area contributed by atoms with Crippen molar-refractivity contribution in [3.05, 3.63) is 24.3 Å². The predicted molar refractivity (Wildman–Crippen MR) is 55.6 cm³/mol. The number of nitrogens with one attached hydrogen (secondary N) is 2. The van der Waals surface area contributed by atoms with Gasteiger partial charge in [-0.25, -0.2) is 4.98 Å². The number of amides is 1. The van der Waals surface area contributed by atoms with Crippen LogP contribution in [0.25, 0.3) is 0 Å². The number of carbonyl (C=O) groups is 1. The van der Waals surface area contributed by atoms with Crippen molar-refractivity contribution in [1.82, 2.24) is 25.0 Å². The van der Waals surface area contributed by atoms with Crippen molar-refractivity contribution in [3.63, 3.8) is 0 Å². The summed E-state index contributed by atoms with van der Waals surface area (Å²) in [5.74, 6) is 0.0107. The van der Waals surface area contributed by atoms with E-state index in [4.69, 9.17) is 5.73 Å². The molecule has 0 atom stereocenters. The van der Waals surface area contributed by atoms with E-state index in [0.717, 1.165) is 0 Å². The van der Waals surface area contributed by atoms with Crippen LogP contribution in [0.2, 0.25) is 0 Å². The second-order valence-electron chi connectivity index (χ2n) is 3.05. The third kappa shape index (κ3) is 2.23. The monoisotopic (exact) mass is 221 g/mol. The van der Waals surface area contributed by atoms with Gasteiger partial charge in [0, 0.05) is 18.9 Å². The second-order valence-corrected chi connectivity index (χ2v) is 3.05. The summed E-state index contributed by atoms with van der Waals surface area (Å²) in [6.07, 6.45) is 4.69. The molecule has 0 aromatic carbocycles. The van der Waals surface area contributed by atoms with Crippen LogP contribution in [0.3, 0.4) is 0 Å². The minimum absolute atomic E-state index is 0.227. The van der Waals surface area contributed by atoms with Gasteiger partial charge in [0.2, 0.25) is 5.95 Å². The Bertz CT molecular complexity index is 460. The molecular formula is C8H11N7O. The Balaban J connectivity index is 2.03. The van der Waals surface area contributed by atoms with Crippen molar-refractivity contribution < 1.29 is 4.79 Å². The highest BCUT2D eigenvalue weighted by molar-refractivity contribution is 6.01. The number of carbonyl (C=O) groups excluding carboxylic acids is 1. The number of nitrogens with zero attached hydrogens (tertiary/aromatic N) is 4. The molecule has 8 heteroatoms. The lowest BCUT2D eigenvalue weighted by molar-refractivity contribution is 0.102. The Hall–Kier alpha value is -2.22. The summed E-state index contributed by atoms with van der Waals surface area (Å²) >= 11 is 0. The molecule has 2 aromatic heterocycles. The van der Waals surface area contributed by atoms with Crippen LogP contribution in [0.5, 0.6) is 0 Å². The van der Waals surface area contributed by atoms with Gasteiger partial charge in [0.1, 0.15) is 0 Å². The van der Waals surface area contributed by atoms with Gasteiger partial charge in [-0.2, -0.15) is 0 Å². The minimum Gasteiger partial charge on any atom is -0.331 e. The molecular weight excluding hydrogens is 210 g/mol. The lowest BCUT2D eigenvalue weighted by Gasteiger charge is -1.96. The van der Waals surface area contributed by atoms with E-state index in [9.17, 15) is 4.79 Å². The van der Waals surface area contributed by atoms with Crippen LogP contribution in [-0.4, -0.2) is 37.4 Å². The van der Waals surface area contributed by atoms with Crippen LogP contribution in [0.1, 0.15) is 10.5 Å². The van der Waals surface area contributed by atoms with Gasteiger partial charge in [0.25, 0.3) is 5.91 Å². The molecule has 16 heavy (non-hydrogen) atoms. The molecule has 4 N–H and O–H groups in total. The van der Waals surface area contributed by atoms with Crippen LogP contribution in [-0.2, 0) is 6.54 Å². The number of anilines is 1. The van der Waals surface area contributed by atoms with E-state index in [-0.39, 0.29) is 11.6 Å². The number of imidazole rings is 1. The van der Waals surface area contributed by atoms with Gasteiger partial charge in [0.15, 0.2) is 5.69 Å². The summed E-state index contributed by atoms with van der Waals surface area (Å²) in [7, 11) is 0. The first-order chi connectivity index (χ1) is 7.79. The standard InChI is InChI=1S/C8H11N7O/c9-1-4-15-5-6(13-14-15)7(16)12-8-10-2-3-11-8/h2-3,5H,1,4,9H2,(H2,10,11,12,16). The van der Waals surface area contributed by atoms with Crippen molar-refractivity contribution in [2.45, 2.75) is 6.54 Å². The van der Waals surface area contributed by atoms with Gasteiger partial charge in [-0.3, -0.25) is 14.8 Å². The van der Waals surface area contributed by atoms with Crippen LogP contribution >= 0.6 is 0 Å². The topological polar surface area (TPSA) is 115 Å². The molecule has 0 radical (unpaired) electrons. The zero-order valence-corrected chi connectivity index (χ0v) is 8.42. The molecule has 0 saturated heterocycles. The van der Waals surface area contributed by atoms with Crippen LogP contribution < -0.4 is 11.1 Å². The maximum atomic E-state index is 11.6. The number of hydrogen-bond acceptors (Lipinski definition) is 5. The highest BCUT2D eigenvalue weighted by atomic mass is 16.2. The first-order valence-corrected chi connectivity index (χ1v) is 4.70. The normalized spacial score (nSPS) is 10.3. The average molecular weight is 221 g/mol. The highest BCUT2D eigenvalue weighted by Gasteiger charge is 2.11. The Kier molecular flexibility index (Phi) is 2.92. The average Bonchev–Trinajstić information content (AvgIpc) is 2.89. The number of nitrogens with two attached hydrogens (primary N) is 1. The quantitative estimate of drug-likeness (QED) is 0.626. The van der Waals surface area contributed by atoms with Gasteiger partial charge in [-0.15, -0.1) is 5.10 Å². The molecule has 8 nitrogen and oxygen atoms in total. The molecule has 0 spiro atoms. The van der Waals surface area contributed by atoms with E-state index in [0.29, 0.717) is 19.0 Å². The Morgan fingerprint density at radius 3 is 3.19 bits per heavy atom. The summed E-state index contributed by atoms with van der Waals surface area (Å²) in [6, 6.07) is 0. The number of rotatable bonds is 4. The lowest BCUT2D eigenvalue weighted by atomic mass is 10.4. The Labute approximate surface area is 90.9 Å². The fourth-order valence-corrected chi connectivity index (χ4v) is 1.15. The van der Waals surface area contributed by atoms with E-state index in [1.54, 1.807) is 12.4 Å². The molecule has 2 aromatic rings. The Morgan fingerprint density at radius 1 is 1.62 bits per heavy atom. The van der Waals surface area contributed by atoms with Crippen molar-refractivity contribution in [3.8, 4) is 0 Å². The van der Waals surface area contributed by atoms with Gasteiger partial charge in [-0.1, -0.05) is 5.21 Å².